The molecule has 1 nitrogen and oxygen atoms in total. The lowest BCUT2D eigenvalue weighted by Crippen LogP contribution is -2.08. The SMILES string of the molecule is CC.CCCC1=C(OC)CC(C)C(C)=C1. The standard InChI is InChI=1S/C12H20O.C2H6/c1-5-6-11-7-9(2)10(3)8-12(11)13-4;1-2/h7,10H,5-6,8H2,1-4H3;1-2H3. The fourth-order valence-electron chi connectivity index (χ4n) is 1.76. The topological polar surface area (TPSA) is 9.23 Å². The van der Waals surface area contributed by atoms with Crippen LogP contribution in [0.25, 0.3) is 0 Å². The highest BCUT2D eigenvalue weighted by molar-refractivity contribution is 5.31. The quantitative estimate of drug-likeness (QED) is 0.656. The van der Waals surface area contributed by atoms with Crippen LogP contribution in [0.2, 0.25) is 0 Å². The molecule has 0 fully saturated rings. The van der Waals surface area contributed by atoms with E-state index in [1.54, 1.807) is 7.11 Å². The van der Waals surface area contributed by atoms with Gasteiger partial charge in [0.05, 0.1) is 12.9 Å². The summed E-state index contributed by atoms with van der Waals surface area (Å²) in [5.41, 5.74) is 2.89. The van der Waals surface area contributed by atoms with Crippen molar-refractivity contribution in [3.63, 3.8) is 0 Å². The monoisotopic (exact) mass is 210 g/mol. The number of methoxy groups -OCH3 is 1. The van der Waals surface area contributed by atoms with E-state index in [0.717, 1.165) is 12.8 Å². The molecule has 1 unspecified atom stereocenters. The molecule has 0 amide bonds. The van der Waals surface area contributed by atoms with Crippen LogP contribution in [0.4, 0.5) is 0 Å². The molecule has 0 saturated carbocycles. The minimum absolute atomic E-state index is 0.649. The maximum Gasteiger partial charge on any atom is 0.0993 e. The van der Waals surface area contributed by atoms with Crippen molar-refractivity contribution in [2.24, 2.45) is 5.92 Å². The number of hydrogen-bond donors (Lipinski definition) is 0. The minimum Gasteiger partial charge on any atom is -0.501 e. The Balaban J connectivity index is 0.000000921. The molecule has 1 atom stereocenters. The number of rotatable bonds is 3. The van der Waals surface area contributed by atoms with E-state index in [1.807, 2.05) is 13.8 Å². The zero-order valence-corrected chi connectivity index (χ0v) is 11.2. The molecule has 0 aromatic rings. The van der Waals surface area contributed by atoms with E-state index in [9.17, 15) is 0 Å². The lowest BCUT2D eigenvalue weighted by molar-refractivity contribution is 0.259. The fraction of sp³-hybridized carbons (Fsp3) is 0.714. The van der Waals surface area contributed by atoms with Gasteiger partial charge in [-0.25, -0.2) is 0 Å². The summed E-state index contributed by atoms with van der Waals surface area (Å²) in [4.78, 5) is 0. The minimum atomic E-state index is 0.649. The van der Waals surface area contributed by atoms with Gasteiger partial charge in [0.25, 0.3) is 0 Å². The van der Waals surface area contributed by atoms with Gasteiger partial charge < -0.3 is 4.74 Å². The van der Waals surface area contributed by atoms with E-state index in [1.165, 1.54) is 23.3 Å². The highest BCUT2D eigenvalue weighted by Gasteiger charge is 2.16. The average Bonchev–Trinajstić information content (AvgIpc) is 2.26. The first-order chi connectivity index (χ1) is 7.19. The largest absolute Gasteiger partial charge is 0.501 e. The van der Waals surface area contributed by atoms with Crippen molar-refractivity contribution in [1.29, 1.82) is 0 Å². The van der Waals surface area contributed by atoms with Crippen LogP contribution in [0.1, 0.15) is 53.9 Å². The molecule has 1 heteroatoms. The third kappa shape index (κ3) is 4.11. The second kappa shape index (κ2) is 7.56. The molecule has 15 heavy (non-hydrogen) atoms. The zero-order valence-electron chi connectivity index (χ0n) is 11.2. The summed E-state index contributed by atoms with van der Waals surface area (Å²) in [7, 11) is 1.78. The lowest BCUT2D eigenvalue weighted by atomic mass is 9.88. The Morgan fingerprint density at radius 1 is 1.40 bits per heavy atom. The summed E-state index contributed by atoms with van der Waals surface area (Å²) in [6.07, 6.45) is 5.72. The van der Waals surface area contributed by atoms with Crippen LogP contribution in [-0.4, -0.2) is 7.11 Å². The van der Waals surface area contributed by atoms with Gasteiger partial charge in [-0.2, -0.15) is 0 Å². The van der Waals surface area contributed by atoms with Gasteiger partial charge in [-0.15, -0.1) is 0 Å². The van der Waals surface area contributed by atoms with E-state index in [-0.39, 0.29) is 0 Å². The molecule has 0 radical (unpaired) electrons. The molecule has 0 N–H and O–H groups in total. The van der Waals surface area contributed by atoms with Crippen molar-refractivity contribution < 1.29 is 4.74 Å². The molecule has 0 aliphatic heterocycles. The lowest BCUT2D eigenvalue weighted by Gasteiger charge is -2.22. The van der Waals surface area contributed by atoms with Gasteiger partial charge in [0.1, 0.15) is 0 Å². The Morgan fingerprint density at radius 2 is 2.00 bits per heavy atom. The van der Waals surface area contributed by atoms with Crippen LogP contribution in [0.5, 0.6) is 0 Å². The first-order valence-corrected chi connectivity index (χ1v) is 6.13. The molecule has 0 aromatic carbocycles. The van der Waals surface area contributed by atoms with Crippen LogP contribution < -0.4 is 0 Å². The molecular weight excluding hydrogens is 184 g/mol. The molecule has 1 aliphatic rings. The van der Waals surface area contributed by atoms with E-state index >= 15 is 0 Å². The van der Waals surface area contributed by atoms with Crippen LogP contribution in [0.15, 0.2) is 23.0 Å². The summed E-state index contributed by atoms with van der Waals surface area (Å²) in [5.74, 6) is 1.84. The van der Waals surface area contributed by atoms with E-state index in [0.29, 0.717) is 5.92 Å². The Bertz CT molecular complexity index is 236. The van der Waals surface area contributed by atoms with Gasteiger partial charge in [0.2, 0.25) is 0 Å². The van der Waals surface area contributed by atoms with Crippen LogP contribution in [0, 0.1) is 5.92 Å². The first-order valence-electron chi connectivity index (χ1n) is 6.13. The van der Waals surface area contributed by atoms with Gasteiger partial charge in [0, 0.05) is 6.42 Å². The predicted molar refractivity (Wildman–Crippen MR) is 67.8 cm³/mol. The van der Waals surface area contributed by atoms with Crippen LogP contribution in [-0.2, 0) is 4.74 Å². The van der Waals surface area contributed by atoms with Gasteiger partial charge in [0.15, 0.2) is 0 Å². The molecule has 88 valence electrons. The first kappa shape index (κ1) is 14.3. The van der Waals surface area contributed by atoms with Crippen molar-refractivity contribution in [2.75, 3.05) is 7.11 Å². The molecule has 0 spiro atoms. The highest BCUT2D eigenvalue weighted by atomic mass is 16.5. The molecule has 0 heterocycles. The third-order valence-corrected chi connectivity index (χ3v) is 2.79. The zero-order chi connectivity index (χ0) is 11.8. The van der Waals surface area contributed by atoms with Crippen LogP contribution >= 0.6 is 0 Å². The normalized spacial score (nSPS) is 20.4. The summed E-state index contributed by atoms with van der Waals surface area (Å²) in [5, 5.41) is 0. The Morgan fingerprint density at radius 3 is 2.47 bits per heavy atom. The molecular formula is C14H26O. The molecule has 1 aliphatic carbocycles. The van der Waals surface area contributed by atoms with Gasteiger partial charge in [-0.1, -0.05) is 45.8 Å². The summed E-state index contributed by atoms with van der Waals surface area (Å²) >= 11 is 0. The summed E-state index contributed by atoms with van der Waals surface area (Å²) < 4.78 is 5.41. The average molecular weight is 210 g/mol. The van der Waals surface area contributed by atoms with E-state index < -0.39 is 0 Å². The maximum atomic E-state index is 5.41. The number of hydrogen-bond acceptors (Lipinski definition) is 1. The second-order valence-electron chi connectivity index (χ2n) is 3.90. The van der Waals surface area contributed by atoms with Gasteiger partial charge >= 0.3 is 0 Å². The van der Waals surface area contributed by atoms with Crippen molar-refractivity contribution in [1.82, 2.24) is 0 Å². The second-order valence-corrected chi connectivity index (χ2v) is 3.90. The van der Waals surface area contributed by atoms with Crippen molar-refractivity contribution in [2.45, 2.75) is 53.9 Å². The van der Waals surface area contributed by atoms with Crippen molar-refractivity contribution >= 4 is 0 Å². The van der Waals surface area contributed by atoms with Gasteiger partial charge in [-0.3, -0.25) is 0 Å². The molecule has 0 saturated heterocycles. The van der Waals surface area contributed by atoms with Crippen molar-refractivity contribution in [3.8, 4) is 0 Å². The molecule has 0 aromatic heterocycles. The Hall–Kier alpha value is -0.720. The third-order valence-electron chi connectivity index (χ3n) is 2.79. The maximum absolute atomic E-state index is 5.41. The Kier molecular flexibility index (Phi) is 7.19. The number of allylic oxidation sites excluding steroid dienone is 4. The predicted octanol–water partition coefficient (Wildman–Crippen LogP) is 4.70. The fourth-order valence-corrected chi connectivity index (χ4v) is 1.76. The molecule has 1 rings (SSSR count). The van der Waals surface area contributed by atoms with Crippen LogP contribution in [0.3, 0.4) is 0 Å². The Labute approximate surface area is 95.2 Å². The summed E-state index contributed by atoms with van der Waals surface area (Å²) in [6.45, 7) is 10.7. The number of ether oxygens (including phenoxy) is 1. The highest BCUT2D eigenvalue weighted by Crippen LogP contribution is 2.30. The summed E-state index contributed by atoms with van der Waals surface area (Å²) in [6, 6.07) is 0. The smallest absolute Gasteiger partial charge is 0.0993 e. The van der Waals surface area contributed by atoms with E-state index in [4.69, 9.17) is 4.74 Å². The van der Waals surface area contributed by atoms with E-state index in [2.05, 4.69) is 26.8 Å². The van der Waals surface area contributed by atoms with Crippen molar-refractivity contribution in [3.05, 3.63) is 23.0 Å². The molecule has 0 bridgehead atoms. The van der Waals surface area contributed by atoms with Gasteiger partial charge in [-0.05, 0) is 24.8 Å².